The third-order valence-electron chi connectivity index (χ3n) is 3.02. The van der Waals surface area contributed by atoms with Gasteiger partial charge in [-0.25, -0.2) is 0 Å². The minimum atomic E-state index is 0.810. The fourth-order valence-electron chi connectivity index (χ4n) is 2.17. The highest BCUT2D eigenvalue weighted by Gasteiger charge is 2.22. The molecule has 78 valence electrons. The van der Waals surface area contributed by atoms with Gasteiger partial charge in [0, 0.05) is 25.7 Å². The van der Waals surface area contributed by atoms with E-state index in [0.29, 0.717) is 0 Å². The van der Waals surface area contributed by atoms with E-state index in [1.54, 1.807) is 0 Å². The lowest BCUT2D eigenvalue weighted by Gasteiger charge is -2.39. The van der Waals surface area contributed by atoms with Crippen molar-refractivity contribution in [2.45, 2.75) is 39.2 Å². The number of hydrogen-bond acceptors (Lipinski definition) is 2. The molecule has 0 radical (unpaired) electrons. The first-order valence-corrected chi connectivity index (χ1v) is 5.70. The molecular weight excluding hydrogens is 160 g/mol. The molecule has 2 nitrogen and oxygen atoms in total. The van der Waals surface area contributed by atoms with Crippen molar-refractivity contribution in [2.24, 2.45) is 0 Å². The number of nitrogens with zero attached hydrogens (tertiary/aromatic N) is 2. The maximum atomic E-state index is 2.61. The number of piperazine rings is 1. The summed E-state index contributed by atoms with van der Waals surface area (Å²) >= 11 is 0. The lowest BCUT2D eigenvalue weighted by Crippen LogP contribution is -2.51. The van der Waals surface area contributed by atoms with Gasteiger partial charge in [-0.1, -0.05) is 20.3 Å². The fraction of sp³-hybridized carbons (Fsp3) is 1.00. The Balaban J connectivity index is 2.33. The van der Waals surface area contributed by atoms with Gasteiger partial charge in [0.15, 0.2) is 0 Å². The van der Waals surface area contributed by atoms with Gasteiger partial charge in [-0.3, -0.25) is 0 Å². The highest BCUT2D eigenvalue weighted by molar-refractivity contribution is 4.79. The van der Waals surface area contributed by atoms with Crippen molar-refractivity contribution in [1.82, 2.24) is 9.80 Å². The smallest absolute Gasteiger partial charge is 0.0220 e. The molecule has 0 bridgehead atoms. The van der Waals surface area contributed by atoms with E-state index in [1.165, 1.54) is 45.4 Å². The van der Waals surface area contributed by atoms with E-state index >= 15 is 0 Å². The second-order valence-corrected chi connectivity index (χ2v) is 4.22. The van der Waals surface area contributed by atoms with Gasteiger partial charge in [-0.05, 0) is 26.4 Å². The van der Waals surface area contributed by atoms with Gasteiger partial charge in [-0.2, -0.15) is 0 Å². The van der Waals surface area contributed by atoms with Gasteiger partial charge in [0.2, 0.25) is 0 Å². The maximum absolute atomic E-state index is 2.61. The molecular formula is C11H24N2. The Morgan fingerprint density at radius 3 is 2.54 bits per heavy atom. The Hall–Kier alpha value is -0.0800. The molecule has 1 atom stereocenters. The normalized spacial score (nSPS) is 26.5. The van der Waals surface area contributed by atoms with E-state index < -0.39 is 0 Å². The van der Waals surface area contributed by atoms with Crippen molar-refractivity contribution in [2.75, 3.05) is 33.2 Å². The van der Waals surface area contributed by atoms with Crippen molar-refractivity contribution in [3.63, 3.8) is 0 Å². The largest absolute Gasteiger partial charge is 0.301 e. The topological polar surface area (TPSA) is 6.48 Å². The molecule has 0 saturated carbocycles. The van der Waals surface area contributed by atoms with Gasteiger partial charge in [0.05, 0.1) is 0 Å². The molecule has 1 saturated heterocycles. The molecule has 0 aliphatic carbocycles. The molecule has 1 heterocycles. The standard InChI is InChI=1S/C11H24N2/c1-4-6-11-10-13(7-5-2)9-8-12(11)3/h11H,4-10H2,1-3H3. The Labute approximate surface area is 82.9 Å². The lowest BCUT2D eigenvalue weighted by atomic mass is 10.1. The van der Waals surface area contributed by atoms with Gasteiger partial charge < -0.3 is 9.80 Å². The number of hydrogen-bond donors (Lipinski definition) is 0. The second kappa shape index (κ2) is 5.61. The van der Waals surface area contributed by atoms with E-state index in [0.717, 1.165) is 6.04 Å². The van der Waals surface area contributed by atoms with Crippen molar-refractivity contribution in [3.8, 4) is 0 Å². The summed E-state index contributed by atoms with van der Waals surface area (Å²) in [5.41, 5.74) is 0. The van der Waals surface area contributed by atoms with E-state index in [9.17, 15) is 0 Å². The molecule has 13 heavy (non-hydrogen) atoms. The Morgan fingerprint density at radius 1 is 1.15 bits per heavy atom. The molecule has 0 amide bonds. The molecule has 0 aromatic heterocycles. The molecule has 1 rings (SSSR count). The molecule has 1 unspecified atom stereocenters. The minimum absolute atomic E-state index is 0.810. The van der Waals surface area contributed by atoms with Crippen LogP contribution < -0.4 is 0 Å². The summed E-state index contributed by atoms with van der Waals surface area (Å²) in [5, 5.41) is 0. The fourth-order valence-corrected chi connectivity index (χ4v) is 2.17. The second-order valence-electron chi connectivity index (χ2n) is 4.22. The summed E-state index contributed by atoms with van der Waals surface area (Å²) in [6.45, 7) is 9.65. The summed E-state index contributed by atoms with van der Waals surface area (Å²) in [5.74, 6) is 0. The molecule has 0 N–H and O–H groups in total. The van der Waals surface area contributed by atoms with Crippen molar-refractivity contribution >= 4 is 0 Å². The van der Waals surface area contributed by atoms with Crippen LogP contribution in [0.5, 0.6) is 0 Å². The van der Waals surface area contributed by atoms with Crippen LogP contribution in [0.1, 0.15) is 33.1 Å². The van der Waals surface area contributed by atoms with Crippen LogP contribution in [0.15, 0.2) is 0 Å². The van der Waals surface area contributed by atoms with Crippen molar-refractivity contribution < 1.29 is 0 Å². The molecule has 0 aromatic rings. The Kier molecular flexibility index (Phi) is 4.74. The number of rotatable bonds is 4. The summed E-state index contributed by atoms with van der Waals surface area (Å²) in [4.78, 5) is 5.13. The first-order chi connectivity index (χ1) is 6.27. The first kappa shape index (κ1) is 11.0. The summed E-state index contributed by atoms with van der Waals surface area (Å²) in [7, 11) is 2.27. The van der Waals surface area contributed by atoms with Gasteiger partial charge in [0.1, 0.15) is 0 Å². The van der Waals surface area contributed by atoms with Crippen LogP contribution in [-0.4, -0.2) is 49.1 Å². The summed E-state index contributed by atoms with van der Waals surface area (Å²) < 4.78 is 0. The van der Waals surface area contributed by atoms with Crippen LogP contribution in [0.25, 0.3) is 0 Å². The third kappa shape index (κ3) is 3.28. The average molecular weight is 184 g/mol. The van der Waals surface area contributed by atoms with Crippen LogP contribution in [0.2, 0.25) is 0 Å². The highest BCUT2D eigenvalue weighted by atomic mass is 15.3. The van der Waals surface area contributed by atoms with Crippen LogP contribution >= 0.6 is 0 Å². The predicted octanol–water partition coefficient (Wildman–Crippen LogP) is 1.81. The van der Waals surface area contributed by atoms with Gasteiger partial charge in [-0.15, -0.1) is 0 Å². The summed E-state index contributed by atoms with van der Waals surface area (Å²) in [6, 6.07) is 0.810. The molecule has 1 fully saturated rings. The zero-order chi connectivity index (χ0) is 9.68. The molecule has 0 aromatic carbocycles. The average Bonchev–Trinajstić information content (AvgIpc) is 2.12. The zero-order valence-electron chi connectivity index (χ0n) is 9.42. The zero-order valence-corrected chi connectivity index (χ0v) is 9.42. The molecule has 1 aliphatic rings. The lowest BCUT2D eigenvalue weighted by molar-refractivity contribution is 0.0902. The Bertz CT molecular complexity index is 136. The van der Waals surface area contributed by atoms with E-state index in [4.69, 9.17) is 0 Å². The van der Waals surface area contributed by atoms with Crippen LogP contribution in [0, 0.1) is 0 Å². The van der Waals surface area contributed by atoms with Crippen LogP contribution in [-0.2, 0) is 0 Å². The maximum Gasteiger partial charge on any atom is 0.0220 e. The van der Waals surface area contributed by atoms with Crippen LogP contribution in [0.3, 0.4) is 0 Å². The molecule has 0 spiro atoms. The predicted molar refractivity (Wildman–Crippen MR) is 58.1 cm³/mol. The van der Waals surface area contributed by atoms with E-state index in [-0.39, 0.29) is 0 Å². The Morgan fingerprint density at radius 2 is 1.92 bits per heavy atom. The van der Waals surface area contributed by atoms with Crippen molar-refractivity contribution in [1.29, 1.82) is 0 Å². The van der Waals surface area contributed by atoms with Crippen LogP contribution in [0.4, 0.5) is 0 Å². The monoisotopic (exact) mass is 184 g/mol. The minimum Gasteiger partial charge on any atom is -0.301 e. The van der Waals surface area contributed by atoms with E-state index in [1.807, 2.05) is 0 Å². The quantitative estimate of drug-likeness (QED) is 0.657. The number of likely N-dealkylation sites (N-methyl/N-ethyl adjacent to an activating group) is 1. The van der Waals surface area contributed by atoms with E-state index in [2.05, 4.69) is 30.7 Å². The summed E-state index contributed by atoms with van der Waals surface area (Å²) in [6.07, 6.45) is 3.97. The van der Waals surface area contributed by atoms with Crippen molar-refractivity contribution in [3.05, 3.63) is 0 Å². The molecule has 2 heteroatoms. The van der Waals surface area contributed by atoms with Gasteiger partial charge >= 0.3 is 0 Å². The third-order valence-corrected chi connectivity index (χ3v) is 3.02. The highest BCUT2D eigenvalue weighted by Crippen LogP contribution is 2.12. The van der Waals surface area contributed by atoms with Gasteiger partial charge in [0.25, 0.3) is 0 Å². The SMILES string of the molecule is CCCC1CN(CCC)CCN1C. The first-order valence-electron chi connectivity index (χ1n) is 5.70. The molecule has 1 aliphatic heterocycles.